The molecule has 2 aromatic carbocycles. The number of thioether (sulfide) groups is 1. The average molecular weight is 481 g/mol. The van der Waals surface area contributed by atoms with Gasteiger partial charge in [0.25, 0.3) is 0 Å². The Balaban J connectivity index is 1.98. The lowest BCUT2D eigenvalue weighted by Gasteiger charge is -2.28. The Morgan fingerprint density at radius 2 is 1.81 bits per heavy atom. The summed E-state index contributed by atoms with van der Waals surface area (Å²) < 4.78 is 0. The zero-order valence-electron chi connectivity index (χ0n) is 18.1. The number of halogens is 2. The molecule has 2 rings (SSSR count). The molecule has 0 radical (unpaired) electrons. The van der Waals surface area contributed by atoms with Crippen molar-refractivity contribution in [1.82, 2.24) is 10.2 Å². The summed E-state index contributed by atoms with van der Waals surface area (Å²) in [7, 11) is 0. The van der Waals surface area contributed by atoms with Crippen LogP contribution in [0.2, 0.25) is 10.0 Å². The van der Waals surface area contributed by atoms with Crippen LogP contribution in [0.4, 0.5) is 0 Å². The molecule has 1 unspecified atom stereocenters. The van der Waals surface area contributed by atoms with E-state index in [1.54, 1.807) is 17.9 Å². The fourth-order valence-corrected chi connectivity index (χ4v) is 4.25. The molecule has 0 aliphatic rings. The van der Waals surface area contributed by atoms with Gasteiger partial charge in [0.2, 0.25) is 11.8 Å². The summed E-state index contributed by atoms with van der Waals surface area (Å²) >= 11 is 13.5. The summed E-state index contributed by atoms with van der Waals surface area (Å²) in [6, 6.07) is 15.0. The minimum absolute atomic E-state index is 0.0425. The van der Waals surface area contributed by atoms with Gasteiger partial charge in [0.1, 0.15) is 6.04 Å². The van der Waals surface area contributed by atoms with Gasteiger partial charge in [0.05, 0.1) is 15.8 Å². The number of amides is 2. The van der Waals surface area contributed by atoms with Crippen LogP contribution in [-0.2, 0) is 21.8 Å². The number of carbonyl (C=O) groups is 2. The first kappa shape index (κ1) is 25.6. The highest BCUT2D eigenvalue weighted by Crippen LogP contribution is 2.25. The second-order valence-electron chi connectivity index (χ2n) is 7.38. The summed E-state index contributed by atoms with van der Waals surface area (Å²) in [4.78, 5) is 27.3. The van der Waals surface area contributed by atoms with Gasteiger partial charge in [-0.3, -0.25) is 9.59 Å². The molecule has 0 aliphatic heterocycles. The highest BCUT2D eigenvalue weighted by atomic mass is 35.5. The van der Waals surface area contributed by atoms with Crippen LogP contribution >= 0.6 is 35.0 Å². The second kappa shape index (κ2) is 13.7. The molecule has 2 aromatic rings. The molecular formula is C24H30Cl2N2O2S. The molecule has 168 valence electrons. The molecule has 1 atom stereocenters. The maximum Gasteiger partial charge on any atom is 0.242 e. The topological polar surface area (TPSA) is 49.4 Å². The van der Waals surface area contributed by atoms with Crippen molar-refractivity contribution in [3.8, 4) is 0 Å². The predicted octanol–water partition coefficient (Wildman–Crippen LogP) is 5.60. The molecule has 2 amide bonds. The van der Waals surface area contributed by atoms with Crippen LogP contribution in [0, 0.1) is 0 Å². The van der Waals surface area contributed by atoms with Crippen LogP contribution in [0.3, 0.4) is 0 Å². The van der Waals surface area contributed by atoms with Gasteiger partial charge in [-0.05, 0) is 43.0 Å². The van der Waals surface area contributed by atoms with E-state index in [1.807, 2.05) is 42.5 Å². The van der Waals surface area contributed by atoms with Gasteiger partial charge in [-0.2, -0.15) is 0 Å². The Labute approximate surface area is 199 Å². The molecule has 0 heterocycles. The van der Waals surface area contributed by atoms with Crippen molar-refractivity contribution in [2.24, 2.45) is 0 Å². The van der Waals surface area contributed by atoms with Gasteiger partial charge in [-0.25, -0.2) is 0 Å². The number of benzene rings is 2. The number of unbranched alkanes of at least 4 members (excludes halogenated alkanes) is 1. The van der Waals surface area contributed by atoms with Gasteiger partial charge >= 0.3 is 0 Å². The molecule has 4 nitrogen and oxygen atoms in total. The predicted molar refractivity (Wildman–Crippen MR) is 132 cm³/mol. The number of rotatable bonds is 12. The van der Waals surface area contributed by atoms with Crippen LogP contribution in [0.15, 0.2) is 48.5 Å². The van der Waals surface area contributed by atoms with Crippen molar-refractivity contribution >= 4 is 46.8 Å². The Morgan fingerprint density at radius 1 is 1.06 bits per heavy atom. The van der Waals surface area contributed by atoms with E-state index in [4.69, 9.17) is 23.2 Å². The molecule has 7 heteroatoms. The van der Waals surface area contributed by atoms with E-state index >= 15 is 0 Å². The zero-order valence-corrected chi connectivity index (χ0v) is 20.4. The summed E-state index contributed by atoms with van der Waals surface area (Å²) in [5, 5.41) is 3.97. The molecule has 0 aliphatic carbocycles. The first-order valence-electron chi connectivity index (χ1n) is 10.5. The van der Waals surface area contributed by atoms with E-state index in [0.717, 1.165) is 24.0 Å². The Bertz CT molecular complexity index is 849. The normalized spacial score (nSPS) is 11.7. The van der Waals surface area contributed by atoms with E-state index in [0.29, 0.717) is 41.1 Å². The Kier molecular flexibility index (Phi) is 11.3. The lowest BCUT2D eigenvalue weighted by Crippen LogP contribution is -2.49. The number of hydrogen-bond acceptors (Lipinski definition) is 3. The standard InChI is InChI=1S/C24H30Cl2N2O2S/c1-3-4-13-27-24(30)18(2)28(14-12-19-8-6-5-7-9-19)23(29)17-31-16-20-10-11-21(25)22(26)15-20/h5-11,15,18H,3-4,12-14,16-17H2,1-2H3,(H,27,30). The van der Waals surface area contributed by atoms with E-state index in [-0.39, 0.29) is 11.8 Å². The SMILES string of the molecule is CCCCNC(=O)C(C)N(CCc1ccccc1)C(=O)CSCc1ccc(Cl)c(Cl)c1. The van der Waals surface area contributed by atoms with Gasteiger partial charge in [-0.15, -0.1) is 11.8 Å². The quantitative estimate of drug-likeness (QED) is 0.402. The van der Waals surface area contributed by atoms with Crippen molar-refractivity contribution in [3.63, 3.8) is 0 Å². The van der Waals surface area contributed by atoms with Crippen molar-refractivity contribution in [3.05, 3.63) is 69.7 Å². The summed E-state index contributed by atoms with van der Waals surface area (Å²) in [5.41, 5.74) is 2.15. The van der Waals surface area contributed by atoms with Gasteiger partial charge in [0, 0.05) is 18.8 Å². The summed E-state index contributed by atoms with van der Waals surface area (Å²) in [5.74, 6) is 0.789. The van der Waals surface area contributed by atoms with Gasteiger partial charge in [0.15, 0.2) is 0 Å². The third-order valence-electron chi connectivity index (χ3n) is 4.96. The molecule has 0 fully saturated rings. The average Bonchev–Trinajstić information content (AvgIpc) is 2.77. The van der Waals surface area contributed by atoms with Gasteiger partial charge in [-0.1, -0.05) is 72.9 Å². The van der Waals surface area contributed by atoms with Crippen molar-refractivity contribution in [1.29, 1.82) is 0 Å². The maximum absolute atomic E-state index is 13.0. The van der Waals surface area contributed by atoms with E-state index in [2.05, 4.69) is 12.2 Å². The molecule has 0 saturated heterocycles. The van der Waals surface area contributed by atoms with Crippen molar-refractivity contribution in [2.45, 2.75) is 44.9 Å². The van der Waals surface area contributed by atoms with Crippen LogP contribution in [0.1, 0.15) is 37.8 Å². The minimum Gasteiger partial charge on any atom is -0.354 e. The first-order valence-corrected chi connectivity index (χ1v) is 12.5. The van der Waals surface area contributed by atoms with E-state index < -0.39 is 6.04 Å². The van der Waals surface area contributed by atoms with Gasteiger partial charge < -0.3 is 10.2 Å². The van der Waals surface area contributed by atoms with E-state index in [1.165, 1.54) is 11.8 Å². The molecule has 0 spiro atoms. The maximum atomic E-state index is 13.0. The molecule has 0 aromatic heterocycles. The molecular weight excluding hydrogens is 451 g/mol. The highest BCUT2D eigenvalue weighted by molar-refractivity contribution is 7.99. The molecule has 31 heavy (non-hydrogen) atoms. The van der Waals surface area contributed by atoms with Crippen molar-refractivity contribution < 1.29 is 9.59 Å². The molecule has 0 bridgehead atoms. The second-order valence-corrected chi connectivity index (χ2v) is 9.18. The largest absolute Gasteiger partial charge is 0.354 e. The molecule has 1 N–H and O–H groups in total. The Morgan fingerprint density at radius 3 is 2.48 bits per heavy atom. The van der Waals surface area contributed by atoms with Crippen LogP contribution in [0.25, 0.3) is 0 Å². The number of hydrogen-bond donors (Lipinski definition) is 1. The third-order valence-corrected chi connectivity index (χ3v) is 6.69. The summed E-state index contributed by atoms with van der Waals surface area (Å²) in [6.45, 7) is 5.01. The number of nitrogens with one attached hydrogen (secondary N) is 1. The lowest BCUT2D eigenvalue weighted by molar-refractivity contribution is -0.137. The van der Waals surface area contributed by atoms with Crippen molar-refractivity contribution in [2.75, 3.05) is 18.8 Å². The number of carbonyl (C=O) groups excluding carboxylic acids is 2. The lowest BCUT2D eigenvalue weighted by atomic mass is 10.1. The van der Waals surface area contributed by atoms with Crippen LogP contribution in [0.5, 0.6) is 0 Å². The summed E-state index contributed by atoms with van der Waals surface area (Å²) in [6.07, 6.45) is 2.64. The minimum atomic E-state index is -0.515. The number of nitrogens with zero attached hydrogens (tertiary/aromatic N) is 1. The molecule has 0 saturated carbocycles. The highest BCUT2D eigenvalue weighted by Gasteiger charge is 2.25. The monoisotopic (exact) mass is 480 g/mol. The fourth-order valence-electron chi connectivity index (χ4n) is 3.07. The first-order chi connectivity index (χ1) is 14.9. The smallest absolute Gasteiger partial charge is 0.242 e. The third kappa shape index (κ3) is 8.76. The Hall–Kier alpha value is -1.69. The fraction of sp³-hybridized carbons (Fsp3) is 0.417. The zero-order chi connectivity index (χ0) is 22.6. The van der Waals surface area contributed by atoms with Crippen LogP contribution < -0.4 is 5.32 Å². The van der Waals surface area contributed by atoms with Crippen LogP contribution in [-0.4, -0.2) is 41.6 Å². The van der Waals surface area contributed by atoms with E-state index in [9.17, 15) is 9.59 Å².